The molecule has 2 N–H and O–H groups in total. The molecule has 0 saturated carbocycles. The van der Waals surface area contributed by atoms with Crippen molar-refractivity contribution >= 4 is 11.7 Å². The smallest absolute Gasteiger partial charge is 0.327 e. The van der Waals surface area contributed by atoms with E-state index in [1.165, 1.54) is 10.9 Å². The quantitative estimate of drug-likeness (QED) is 0.555. The molecule has 0 radical (unpaired) electrons. The molecule has 0 aliphatic heterocycles. The van der Waals surface area contributed by atoms with Crippen molar-refractivity contribution in [3.8, 4) is 6.07 Å². The van der Waals surface area contributed by atoms with Gasteiger partial charge < -0.3 is 10.5 Å². The Balaban J connectivity index is 2.22. The highest BCUT2D eigenvalue weighted by molar-refractivity contribution is 5.69. The van der Waals surface area contributed by atoms with Crippen LogP contribution in [0.4, 0.5) is 5.69 Å². The van der Waals surface area contributed by atoms with E-state index >= 15 is 0 Å². The van der Waals surface area contributed by atoms with E-state index in [0.717, 1.165) is 0 Å². The van der Waals surface area contributed by atoms with E-state index in [1.807, 2.05) is 6.07 Å². The summed E-state index contributed by atoms with van der Waals surface area (Å²) in [6.07, 6.45) is 3.96. The van der Waals surface area contributed by atoms with Gasteiger partial charge in [0.2, 0.25) is 0 Å². The lowest BCUT2D eigenvalue weighted by atomic mass is 10.3. The van der Waals surface area contributed by atoms with Gasteiger partial charge in [0, 0.05) is 12.6 Å². The summed E-state index contributed by atoms with van der Waals surface area (Å²) in [7, 11) is 0. The zero-order valence-corrected chi connectivity index (χ0v) is 8.22. The van der Waals surface area contributed by atoms with Crippen molar-refractivity contribution in [2.24, 2.45) is 0 Å². The number of rotatable bonds is 5. The number of nitrogens with zero attached hydrogens (tertiary/aromatic N) is 3. The highest BCUT2D eigenvalue weighted by Crippen LogP contribution is 1.98. The van der Waals surface area contributed by atoms with Gasteiger partial charge >= 0.3 is 5.97 Å². The number of anilines is 1. The predicted molar refractivity (Wildman–Crippen MR) is 52.4 cm³/mol. The Morgan fingerprint density at radius 2 is 2.53 bits per heavy atom. The van der Waals surface area contributed by atoms with Crippen LogP contribution < -0.4 is 5.73 Å². The van der Waals surface area contributed by atoms with Crippen molar-refractivity contribution in [1.29, 1.82) is 5.26 Å². The lowest BCUT2D eigenvalue weighted by Crippen LogP contribution is -2.14. The van der Waals surface area contributed by atoms with Crippen LogP contribution in [0.2, 0.25) is 0 Å². The molecule has 6 heteroatoms. The SMILES string of the molecule is N#CCCCOC(=O)Cn1cc(N)cn1. The number of nitrogen functional groups attached to an aromatic ring is 1. The highest BCUT2D eigenvalue weighted by atomic mass is 16.5. The third kappa shape index (κ3) is 4.13. The largest absolute Gasteiger partial charge is 0.464 e. The van der Waals surface area contributed by atoms with Crippen molar-refractivity contribution in [2.75, 3.05) is 12.3 Å². The van der Waals surface area contributed by atoms with Gasteiger partial charge in [0.1, 0.15) is 6.54 Å². The summed E-state index contributed by atoms with van der Waals surface area (Å²) in [6, 6.07) is 1.97. The predicted octanol–water partition coefficient (Wildman–Crippen LogP) is 0.312. The molecule has 0 saturated heterocycles. The summed E-state index contributed by atoms with van der Waals surface area (Å²) in [5.74, 6) is -0.379. The third-order valence-electron chi connectivity index (χ3n) is 1.64. The summed E-state index contributed by atoms with van der Waals surface area (Å²) >= 11 is 0. The molecule has 15 heavy (non-hydrogen) atoms. The van der Waals surface area contributed by atoms with E-state index in [9.17, 15) is 4.79 Å². The minimum absolute atomic E-state index is 0.0454. The number of hydrogen-bond acceptors (Lipinski definition) is 5. The van der Waals surface area contributed by atoms with E-state index in [-0.39, 0.29) is 19.1 Å². The van der Waals surface area contributed by atoms with Crippen LogP contribution in [0.15, 0.2) is 12.4 Å². The van der Waals surface area contributed by atoms with Crippen LogP contribution in [0.25, 0.3) is 0 Å². The molecule has 0 bridgehead atoms. The van der Waals surface area contributed by atoms with Crippen molar-refractivity contribution in [2.45, 2.75) is 19.4 Å². The van der Waals surface area contributed by atoms with Gasteiger partial charge in [-0.3, -0.25) is 9.48 Å². The Bertz CT molecular complexity index is 366. The molecule has 6 nitrogen and oxygen atoms in total. The monoisotopic (exact) mass is 208 g/mol. The fraction of sp³-hybridized carbons (Fsp3) is 0.444. The molecule has 0 fully saturated rings. The van der Waals surface area contributed by atoms with Gasteiger partial charge in [0.15, 0.2) is 0 Å². The van der Waals surface area contributed by atoms with Gasteiger partial charge in [-0.25, -0.2) is 0 Å². The first-order chi connectivity index (χ1) is 7.22. The first-order valence-corrected chi connectivity index (χ1v) is 4.53. The highest BCUT2D eigenvalue weighted by Gasteiger charge is 2.04. The molecular formula is C9H12N4O2. The molecule has 0 aliphatic rings. The van der Waals surface area contributed by atoms with Gasteiger partial charge in [-0.05, 0) is 6.42 Å². The zero-order chi connectivity index (χ0) is 11.1. The number of carbonyl (C=O) groups excluding carboxylic acids is 1. The molecule has 0 amide bonds. The average Bonchev–Trinajstić information content (AvgIpc) is 2.59. The fourth-order valence-electron chi connectivity index (χ4n) is 0.981. The summed E-state index contributed by atoms with van der Waals surface area (Å²) in [5, 5.41) is 12.1. The molecule has 0 spiro atoms. The summed E-state index contributed by atoms with van der Waals surface area (Å²) in [5.41, 5.74) is 5.93. The van der Waals surface area contributed by atoms with Gasteiger partial charge in [-0.2, -0.15) is 10.4 Å². The number of carbonyl (C=O) groups is 1. The van der Waals surface area contributed by atoms with Crippen LogP contribution in [0.3, 0.4) is 0 Å². The van der Waals surface area contributed by atoms with E-state index in [4.69, 9.17) is 15.7 Å². The maximum absolute atomic E-state index is 11.2. The number of esters is 1. The maximum atomic E-state index is 11.2. The number of ether oxygens (including phenoxy) is 1. The van der Waals surface area contributed by atoms with Gasteiger partial charge in [0.25, 0.3) is 0 Å². The normalized spacial score (nSPS) is 9.53. The molecule has 1 rings (SSSR count). The molecule has 1 heterocycles. The van der Waals surface area contributed by atoms with Crippen LogP contribution in [0, 0.1) is 11.3 Å². The summed E-state index contributed by atoms with van der Waals surface area (Å²) in [4.78, 5) is 11.2. The Kier molecular flexibility index (Phi) is 4.16. The molecule has 0 aromatic carbocycles. The summed E-state index contributed by atoms with van der Waals surface area (Å²) < 4.78 is 6.27. The van der Waals surface area contributed by atoms with Crippen LogP contribution in [-0.4, -0.2) is 22.4 Å². The van der Waals surface area contributed by atoms with Crippen molar-refractivity contribution < 1.29 is 9.53 Å². The second-order valence-electron chi connectivity index (χ2n) is 2.95. The number of hydrogen-bond donors (Lipinski definition) is 1. The van der Waals surface area contributed by atoms with E-state index in [2.05, 4.69) is 5.10 Å². The summed E-state index contributed by atoms with van der Waals surface area (Å²) in [6.45, 7) is 0.312. The molecule has 0 aliphatic carbocycles. The molecule has 1 aromatic heterocycles. The number of nitrogens with two attached hydrogens (primary N) is 1. The van der Waals surface area contributed by atoms with Crippen molar-refractivity contribution in [3.05, 3.63) is 12.4 Å². The topological polar surface area (TPSA) is 93.9 Å². The standard InChI is InChI=1S/C9H12N4O2/c10-3-1-2-4-15-9(14)7-13-6-8(11)5-12-13/h5-6H,1-2,4,7,11H2. The van der Waals surface area contributed by atoms with Crippen LogP contribution >= 0.6 is 0 Å². The van der Waals surface area contributed by atoms with Gasteiger partial charge in [-0.1, -0.05) is 0 Å². The third-order valence-corrected chi connectivity index (χ3v) is 1.64. The minimum atomic E-state index is -0.379. The van der Waals surface area contributed by atoms with E-state index in [0.29, 0.717) is 18.5 Å². The first-order valence-electron chi connectivity index (χ1n) is 4.53. The van der Waals surface area contributed by atoms with E-state index in [1.54, 1.807) is 6.20 Å². The fourth-order valence-corrected chi connectivity index (χ4v) is 0.981. The number of unbranched alkanes of at least 4 members (excludes halogenated alkanes) is 1. The maximum Gasteiger partial charge on any atom is 0.327 e. The van der Waals surface area contributed by atoms with Crippen molar-refractivity contribution in [1.82, 2.24) is 9.78 Å². The van der Waals surface area contributed by atoms with Crippen LogP contribution in [0.5, 0.6) is 0 Å². The lowest BCUT2D eigenvalue weighted by molar-refractivity contribution is -0.144. The van der Waals surface area contributed by atoms with Gasteiger partial charge in [0.05, 0.1) is 24.6 Å². The Morgan fingerprint density at radius 3 is 3.13 bits per heavy atom. The molecular weight excluding hydrogens is 196 g/mol. The minimum Gasteiger partial charge on any atom is -0.464 e. The van der Waals surface area contributed by atoms with Crippen molar-refractivity contribution in [3.63, 3.8) is 0 Å². The average molecular weight is 208 g/mol. The number of nitriles is 1. The number of aromatic nitrogens is 2. The zero-order valence-electron chi connectivity index (χ0n) is 8.22. The second kappa shape index (κ2) is 5.65. The Labute approximate surface area is 87.2 Å². The second-order valence-corrected chi connectivity index (χ2v) is 2.95. The molecule has 0 atom stereocenters. The van der Waals surface area contributed by atoms with Crippen LogP contribution in [-0.2, 0) is 16.1 Å². The molecule has 80 valence electrons. The first kappa shape index (κ1) is 11.0. The van der Waals surface area contributed by atoms with E-state index < -0.39 is 0 Å². The Morgan fingerprint density at radius 1 is 1.73 bits per heavy atom. The molecule has 0 unspecified atom stereocenters. The molecule has 1 aromatic rings. The van der Waals surface area contributed by atoms with Crippen LogP contribution in [0.1, 0.15) is 12.8 Å². The van der Waals surface area contributed by atoms with Gasteiger partial charge in [-0.15, -0.1) is 0 Å². The lowest BCUT2D eigenvalue weighted by Gasteiger charge is -2.02. The Hall–Kier alpha value is -2.03.